The summed E-state index contributed by atoms with van der Waals surface area (Å²) in [7, 11) is 0. The lowest BCUT2D eigenvalue weighted by atomic mass is 9.91. The molecule has 0 aliphatic carbocycles. The molecule has 3 heteroatoms. The van der Waals surface area contributed by atoms with Crippen LogP contribution in [0.3, 0.4) is 0 Å². The fourth-order valence-electron chi connectivity index (χ4n) is 1.62. The van der Waals surface area contributed by atoms with E-state index in [-0.39, 0.29) is 11.7 Å². The number of hydrogen-bond acceptors (Lipinski definition) is 1. The van der Waals surface area contributed by atoms with Crippen molar-refractivity contribution in [2.24, 2.45) is 0 Å². The normalized spacial score (nSPS) is 12.5. The maximum Gasteiger partial charge on any atom is 0.137 e. The number of benzene rings is 1. The third-order valence-corrected chi connectivity index (χ3v) is 3.15. The van der Waals surface area contributed by atoms with E-state index in [1.54, 1.807) is 19.1 Å². The molecule has 0 bridgehead atoms. The summed E-state index contributed by atoms with van der Waals surface area (Å²) >= 11 is 11.7. The number of carbonyl (C=O) groups excluding carboxylic acids is 1. The van der Waals surface area contributed by atoms with Crippen molar-refractivity contribution in [1.29, 1.82) is 0 Å². The van der Waals surface area contributed by atoms with E-state index in [2.05, 4.69) is 6.92 Å². The first-order valence-corrected chi connectivity index (χ1v) is 5.77. The summed E-state index contributed by atoms with van der Waals surface area (Å²) in [5.74, 6) is 0.125. The van der Waals surface area contributed by atoms with Crippen molar-refractivity contribution in [1.82, 2.24) is 0 Å². The third-order valence-electron chi connectivity index (χ3n) is 2.41. The average molecular weight is 245 g/mol. The standard InChI is InChI=1S/C12H14Cl2O/c1-3-4-10(8(2)15)9-5-6-11(13)12(14)7-9/h5-7,10H,3-4H2,1-2H3. The second-order valence-electron chi connectivity index (χ2n) is 3.63. The number of halogens is 2. The van der Waals surface area contributed by atoms with Gasteiger partial charge in [0, 0.05) is 5.92 Å². The molecule has 0 aliphatic heterocycles. The highest BCUT2D eigenvalue weighted by molar-refractivity contribution is 6.42. The van der Waals surface area contributed by atoms with Crippen molar-refractivity contribution < 1.29 is 4.79 Å². The molecule has 0 N–H and O–H groups in total. The molecule has 15 heavy (non-hydrogen) atoms. The molecule has 0 radical (unpaired) electrons. The SMILES string of the molecule is CCCC(C(C)=O)c1ccc(Cl)c(Cl)c1. The van der Waals surface area contributed by atoms with E-state index in [0.29, 0.717) is 10.0 Å². The molecule has 1 rings (SSSR count). The van der Waals surface area contributed by atoms with Gasteiger partial charge in [-0.1, -0.05) is 42.6 Å². The molecule has 0 spiro atoms. The zero-order valence-electron chi connectivity index (χ0n) is 8.89. The highest BCUT2D eigenvalue weighted by Crippen LogP contribution is 2.29. The first-order chi connectivity index (χ1) is 7.06. The van der Waals surface area contributed by atoms with Gasteiger partial charge in [-0.2, -0.15) is 0 Å². The molecule has 0 amide bonds. The number of hydrogen-bond donors (Lipinski definition) is 0. The molecule has 0 heterocycles. The quantitative estimate of drug-likeness (QED) is 0.764. The maximum atomic E-state index is 11.5. The smallest absolute Gasteiger partial charge is 0.137 e. The predicted octanol–water partition coefficient (Wildman–Crippen LogP) is 4.47. The van der Waals surface area contributed by atoms with Crippen LogP contribution in [-0.2, 0) is 4.79 Å². The Kier molecular flexibility index (Phi) is 4.62. The van der Waals surface area contributed by atoms with Crippen molar-refractivity contribution in [3.63, 3.8) is 0 Å². The zero-order valence-corrected chi connectivity index (χ0v) is 10.4. The molecular weight excluding hydrogens is 231 g/mol. The second-order valence-corrected chi connectivity index (χ2v) is 4.44. The minimum absolute atomic E-state index is 0.0511. The molecule has 1 nitrogen and oxygen atoms in total. The van der Waals surface area contributed by atoms with Crippen molar-refractivity contribution in [2.45, 2.75) is 32.6 Å². The zero-order chi connectivity index (χ0) is 11.4. The van der Waals surface area contributed by atoms with Gasteiger partial charge in [0.15, 0.2) is 0 Å². The Morgan fingerprint density at radius 1 is 1.33 bits per heavy atom. The van der Waals surface area contributed by atoms with Gasteiger partial charge in [0.2, 0.25) is 0 Å². The molecule has 0 aromatic heterocycles. The molecule has 0 fully saturated rings. The summed E-state index contributed by atoms with van der Waals surface area (Å²) in [6.45, 7) is 3.68. The predicted molar refractivity (Wildman–Crippen MR) is 64.8 cm³/mol. The molecule has 0 aliphatic rings. The molecule has 1 aromatic rings. The van der Waals surface area contributed by atoms with Crippen LogP contribution >= 0.6 is 23.2 Å². The average Bonchev–Trinajstić information content (AvgIpc) is 2.18. The van der Waals surface area contributed by atoms with Crippen molar-refractivity contribution in [3.05, 3.63) is 33.8 Å². The highest BCUT2D eigenvalue weighted by atomic mass is 35.5. The third kappa shape index (κ3) is 3.22. The van der Waals surface area contributed by atoms with Gasteiger partial charge in [-0.3, -0.25) is 4.79 Å². The van der Waals surface area contributed by atoms with Crippen LogP contribution in [0, 0.1) is 0 Å². The van der Waals surface area contributed by atoms with E-state index in [9.17, 15) is 4.79 Å². The van der Waals surface area contributed by atoms with Crippen molar-refractivity contribution in [2.75, 3.05) is 0 Å². The van der Waals surface area contributed by atoms with Gasteiger partial charge in [-0.05, 0) is 31.0 Å². The Balaban J connectivity index is 3.01. The van der Waals surface area contributed by atoms with Crippen LogP contribution in [0.1, 0.15) is 38.2 Å². The number of ketones is 1. The molecule has 0 saturated heterocycles. The Morgan fingerprint density at radius 3 is 2.47 bits per heavy atom. The summed E-state index contributed by atoms with van der Waals surface area (Å²) < 4.78 is 0. The molecule has 1 atom stereocenters. The summed E-state index contributed by atoms with van der Waals surface area (Å²) in [5.41, 5.74) is 0.957. The second kappa shape index (κ2) is 5.53. The van der Waals surface area contributed by atoms with E-state index in [4.69, 9.17) is 23.2 Å². The van der Waals surface area contributed by atoms with Gasteiger partial charge in [0.1, 0.15) is 5.78 Å². The van der Waals surface area contributed by atoms with E-state index in [1.165, 1.54) is 0 Å². The van der Waals surface area contributed by atoms with E-state index < -0.39 is 0 Å². The topological polar surface area (TPSA) is 17.1 Å². The number of carbonyl (C=O) groups is 1. The molecule has 0 saturated carbocycles. The summed E-state index contributed by atoms with van der Waals surface area (Å²) in [4.78, 5) is 11.5. The van der Waals surface area contributed by atoms with Crippen LogP contribution in [0.15, 0.2) is 18.2 Å². The number of rotatable bonds is 4. The first kappa shape index (κ1) is 12.5. The maximum absolute atomic E-state index is 11.5. The Bertz CT molecular complexity index is 361. The van der Waals surface area contributed by atoms with Gasteiger partial charge in [0.25, 0.3) is 0 Å². The van der Waals surface area contributed by atoms with E-state index >= 15 is 0 Å². The fraction of sp³-hybridized carbons (Fsp3) is 0.417. The van der Waals surface area contributed by atoms with Crippen molar-refractivity contribution in [3.8, 4) is 0 Å². The summed E-state index contributed by atoms with van der Waals surface area (Å²) in [6.07, 6.45) is 1.83. The summed E-state index contributed by atoms with van der Waals surface area (Å²) in [5, 5.41) is 1.04. The van der Waals surface area contributed by atoms with E-state index in [1.807, 2.05) is 6.07 Å². The van der Waals surface area contributed by atoms with E-state index in [0.717, 1.165) is 18.4 Å². The Labute approximate surface area is 100 Å². The lowest BCUT2D eigenvalue weighted by Gasteiger charge is -2.13. The Morgan fingerprint density at radius 2 is 2.00 bits per heavy atom. The monoisotopic (exact) mass is 244 g/mol. The van der Waals surface area contributed by atoms with Crippen LogP contribution in [0.25, 0.3) is 0 Å². The van der Waals surface area contributed by atoms with Gasteiger partial charge < -0.3 is 0 Å². The minimum Gasteiger partial charge on any atom is -0.299 e. The van der Waals surface area contributed by atoms with Crippen LogP contribution in [0.4, 0.5) is 0 Å². The van der Waals surface area contributed by atoms with Gasteiger partial charge in [-0.15, -0.1) is 0 Å². The summed E-state index contributed by atoms with van der Waals surface area (Å²) in [6, 6.07) is 5.40. The van der Waals surface area contributed by atoms with Gasteiger partial charge >= 0.3 is 0 Å². The Hall–Kier alpha value is -0.530. The van der Waals surface area contributed by atoms with Gasteiger partial charge in [0.05, 0.1) is 10.0 Å². The van der Waals surface area contributed by atoms with Crippen LogP contribution < -0.4 is 0 Å². The molecular formula is C12H14Cl2O. The lowest BCUT2D eigenvalue weighted by Crippen LogP contribution is -2.08. The van der Waals surface area contributed by atoms with Gasteiger partial charge in [-0.25, -0.2) is 0 Å². The fourth-order valence-corrected chi connectivity index (χ4v) is 1.93. The first-order valence-electron chi connectivity index (χ1n) is 5.01. The van der Waals surface area contributed by atoms with Crippen LogP contribution in [0.5, 0.6) is 0 Å². The molecule has 1 aromatic carbocycles. The molecule has 82 valence electrons. The lowest BCUT2D eigenvalue weighted by molar-refractivity contribution is -0.118. The largest absolute Gasteiger partial charge is 0.299 e. The number of Topliss-reactive ketones (excluding diaryl/α,β-unsaturated/α-hetero) is 1. The molecule has 1 unspecified atom stereocenters. The van der Waals surface area contributed by atoms with Crippen LogP contribution in [0.2, 0.25) is 10.0 Å². The highest BCUT2D eigenvalue weighted by Gasteiger charge is 2.16. The van der Waals surface area contributed by atoms with Crippen molar-refractivity contribution >= 4 is 29.0 Å². The minimum atomic E-state index is -0.0511. The van der Waals surface area contributed by atoms with Crippen LogP contribution in [-0.4, -0.2) is 5.78 Å².